The van der Waals surface area contributed by atoms with Gasteiger partial charge in [0, 0.05) is 7.11 Å². The molecule has 0 saturated heterocycles. The molecule has 0 heterocycles. The lowest BCUT2D eigenvalue weighted by atomic mass is 10.1. The number of methoxy groups -OCH3 is 1. The minimum atomic E-state index is 0.253. The maximum absolute atomic E-state index is 5.58. The summed E-state index contributed by atoms with van der Waals surface area (Å²) in [6.07, 6.45) is 2.75. The zero-order chi connectivity index (χ0) is 11.0. The lowest BCUT2D eigenvalue weighted by Gasteiger charge is -2.26. The van der Waals surface area contributed by atoms with Crippen LogP contribution in [0.25, 0.3) is 0 Å². The van der Waals surface area contributed by atoms with Crippen LogP contribution in [0.2, 0.25) is 0 Å². The number of hydrogen-bond donors (Lipinski definition) is 1. The van der Waals surface area contributed by atoms with Crippen LogP contribution in [-0.4, -0.2) is 39.0 Å². The second-order valence-corrected chi connectivity index (χ2v) is 3.84. The first kappa shape index (κ1) is 13.9. The van der Waals surface area contributed by atoms with Crippen molar-refractivity contribution in [1.82, 2.24) is 5.32 Å². The van der Waals surface area contributed by atoms with Crippen LogP contribution in [-0.2, 0) is 9.47 Å². The Hall–Kier alpha value is -0.120. The van der Waals surface area contributed by atoms with Gasteiger partial charge in [0.05, 0.1) is 24.9 Å². The number of nitrogens with one attached hydrogen (secondary N) is 1. The second kappa shape index (κ2) is 8.21. The highest BCUT2D eigenvalue weighted by molar-refractivity contribution is 4.75. The molecule has 0 aromatic heterocycles. The Bertz CT molecular complexity index is 128. The maximum atomic E-state index is 5.58. The molecule has 0 rings (SSSR count). The molecule has 0 spiro atoms. The third-order valence-corrected chi connectivity index (χ3v) is 2.30. The lowest BCUT2D eigenvalue weighted by molar-refractivity contribution is 0.000683. The van der Waals surface area contributed by atoms with Crippen molar-refractivity contribution in [1.29, 1.82) is 0 Å². The smallest absolute Gasteiger partial charge is 0.0746 e. The van der Waals surface area contributed by atoms with E-state index in [1.165, 1.54) is 0 Å². The van der Waals surface area contributed by atoms with E-state index in [4.69, 9.17) is 9.47 Å². The van der Waals surface area contributed by atoms with Crippen LogP contribution in [0.3, 0.4) is 0 Å². The SMILES string of the molecule is CCCC(OC)C(COC(C)C)NC. The van der Waals surface area contributed by atoms with Gasteiger partial charge >= 0.3 is 0 Å². The van der Waals surface area contributed by atoms with Gasteiger partial charge < -0.3 is 14.8 Å². The number of rotatable bonds is 8. The first-order chi connectivity index (χ1) is 6.65. The molecule has 0 fully saturated rings. The average molecular weight is 203 g/mol. The minimum Gasteiger partial charge on any atom is -0.380 e. The Morgan fingerprint density at radius 2 is 1.93 bits per heavy atom. The molecular formula is C11H25NO2. The molecule has 3 heteroatoms. The zero-order valence-electron chi connectivity index (χ0n) is 10.2. The van der Waals surface area contributed by atoms with E-state index < -0.39 is 0 Å². The summed E-state index contributed by atoms with van der Waals surface area (Å²) in [7, 11) is 3.72. The van der Waals surface area contributed by atoms with Crippen LogP contribution in [0.15, 0.2) is 0 Å². The van der Waals surface area contributed by atoms with Crippen LogP contribution in [0.1, 0.15) is 33.6 Å². The van der Waals surface area contributed by atoms with E-state index in [0.717, 1.165) is 12.8 Å². The molecule has 0 bridgehead atoms. The summed E-state index contributed by atoms with van der Waals surface area (Å²) in [6, 6.07) is 0.294. The number of hydrogen-bond acceptors (Lipinski definition) is 3. The van der Waals surface area contributed by atoms with Gasteiger partial charge in [0.1, 0.15) is 0 Å². The van der Waals surface area contributed by atoms with Gasteiger partial charge in [-0.3, -0.25) is 0 Å². The quantitative estimate of drug-likeness (QED) is 0.652. The van der Waals surface area contributed by atoms with Crippen LogP contribution in [0.5, 0.6) is 0 Å². The summed E-state index contributed by atoms with van der Waals surface area (Å²) in [5.41, 5.74) is 0. The Balaban J connectivity index is 3.94. The van der Waals surface area contributed by atoms with Crippen molar-refractivity contribution in [3.8, 4) is 0 Å². The van der Waals surface area contributed by atoms with Gasteiger partial charge in [0.2, 0.25) is 0 Å². The van der Waals surface area contributed by atoms with Gasteiger partial charge in [0.15, 0.2) is 0 Å². The van der Waals surface area contributed by atoms with Gasteiger partial charge in [-0.15, -0.1) is 0 Å². The van der Waals surface area contributed by atoms with Crippen molar-refractivity contribution in [2.45, 2.75) is 51.9 Å². The summed E-state index contributed by atoms with van der Waals surface area (Å²) in [5, 5.41) is 3.24. The number of ether oxygens (including phenoxy) is 2. The Kier molecular flexibility index (Phi) is 8.14. The molecule has 0 radical (unpaired) electrons. The van der Waals surface area contributed by atoms with Crippen molar-refractivity contribution in [2.24, 2.45) is 0 Å². The molecule has 0 aliphatic rings. The van der Waals surface area contributed by atoms with Gasteiger partial charge in [-0.05, 0) is 27.3 Å². The standard InChI is InChI=1S/C11H25NO2/c1-6-7-11(13-5)10(12-4)8-14-9(2)3/h9-12H,6-8H2,1-5H3. The molecule has 2 unspecified atom stereocenters. The van der Waals surface area contributed by atoms with Gasteiger partial charge in [-0.2, -0.15) is 0 Å². The molecule has 0 amide bonds. The minimum absolute atomic E-state index is 0.253. The highest BCUT2D eigenvalue weighted by atomic mass is 16.5. The Labute approximate surface area is 88.2 Å². The summed E-state index contributed by atoms with van der Waals surface area (Å²) in [6.45, 7) is 6.98. The van der Waals surface area contributed by atoms with Crippen molar-refractivity contribution in [2.75, 3.05) is 20.8 Å². The first-order valence-corrected chi connectivity index (χ1v) is 5.47. The van der Waals surface area contributed by atoms with E-state index in [1.807, 2.05) is 20.9 Å². The third-order valence-electron chi connectivity index (χ3n) is 2.30. The highest BCUT2D eigenvalue weighted by Gasteiger charge is 2.19. The van der Waals surface area contributed by atoms with E-state index in [9.17, 15) is 0 Å². The van der Waals surface area contributed by atoms with Gasteiger partial charge in [-0.25, -0.2) is 0 Å². The van der Waals surface area contributed by atoms with Crippen LogP contribution < -0.4 is 5.32 Å². The fourth-order valence-corrected chi connectivity index (χ4v) is 1.44. The van der Waals surface area contributed by atoms with Gasteiger partial charge in [-0.1, -0.05) is 13.3 Å². The summed E-state index contributed by atoms with van der Waals surface area (Å²) < 4.78 is 11.0. The van der Waals surface area contributed by atoms with Crippen molar-refractivity contribution in [3.63, 3.8) is 0 Å². The van der Waals surface area contributed by atoms with Crippen molar-refractivity contribution < 1.29 is 9.47 Å². The molecular weight excluding hydrogens is 178 g/mol. The molecule has 0 aliphatic heterocycles. The molecule has 14 heavy (non-hydrogen) atoms. The Morgan fingerprint density at radius 3 is 2.29 bits per heavy atom. The summed E-state index contributed by atoms with van der Waals surface area (Å²) in [4.78, 5) is 0. The van der Waals surface area contributed by atoms with E-state index >= 15 is 0 Å². The maximum Gasteiger partial charge on any atom is 0.0746 e. The molecule has 0 saturated carbocycles. The van der Waals surface area contributed by atoms with E-state index in [1.54, 1.807) is 7.11 Å². The summed E-state index contributed by atoms with van der Waals surface area (Å²) in [5.74, 6) is 0. The normalized spacial score (nSPS) is 15.9. The largest absolute Gasteiger partial charge is 0.380 e. The molecule has 2 atom stereocenters. The average Bonchev–Trinajstić information content (AvgIpc) is 2.16. The molecule has 3 nitrogen and oxygen atoms in total. The topological polar surface area (TPSA) is 30.5 Å². The monoisotopic (exact) mass is 203 g/mol. The molecule has 0 aliphatic carbocycles. The molecule has 0 aromatic carbocycles. The van der Waals surface area contributed by atoms with Crippen LogP contribution in [0, 0.1) is 0 Å². The molecule has 0 aromatic rings. The zero-order valence-corrected chi connectivity index (χ0v) is 10.2. The summed E-state index contributed by atoms with van der Waals surface area (Å²) >= 11 is 0. The third kappa shape index (κ3) is 5.58. The molecule has 86 valence electrons. The van der Waals surface area contributed by atoms with E-state index in [0.29, 0.717) is 12.6 Å². The van der Waals surface area contributed by atoms with Crippen LogP contribution >= 0.6 is 0 Å². The second-order valence-electron chi connectivity index (χ2n) is 3.84. The van der Waals surface area contributed by atoms with Gasteiger partial charge in [0.25, 0.3) is 0 Å². The predicted molar refractivity (Wildman–Crippen MR) is 59.6 cm³/mol. The van der Waals surface area contributed by atoms with E-state index in [2.05, 4.69) is 12.2 Å². The lowest BCUT2D eigenvalue weighted by Crippen LogP contribution is -2.43. The van der Waals surface area contributed by atoms with Crippen molar-refractivity contribution in [3.05, 3.63) is 0 Å². The first-order valence-electron chi connectivity index (χ1n) is 5.47. The van der Waals surface area contributed by atoms with Crippen molar-refractivity contribution >= 4 is 0 Å². The predicted octanol–water partition coefficient (Wildman–Crippen LogP) is 1.81. The van der Waals surface area contributed by atoms with E-state index in [-0.39, 0.29) is 12.2 Å². The molecule has 1 N–H and O–H groups in total. The fourth-order valence-electron chi connectivity index (χ4n) is 1.44. The number of likely N-dealkylation sites (N-methyl/N-ethyl adjacent to an activating group) is 1. The fraction of sp³-hybridized carbons (Fsp3) is 1.00. The van der Waals surface area contributed by atoms with Crippen LogP contribution in [0.4, 0.5) is 0 Å². The highest BCUT2D eigenvalue weighted by Crippen LogP contribution is 2.07. The Morgan fingerprint density at radius 1 is 1.29 bits per heavy atom.